The summed E-state index contributed by atoms with van der Waals surface area (Å²) in [6.07, 6.45) is 3.26. The van der Waals surface area contributed by atoms with Crippen molar-refractivity contribution in [3.8, 4) is 0 Å². The van der Waals surface area contributed by atoms with Gasteiger partial charge in [0, 0.05) is 11.6 Å². The van der Waals surface area contributed by atoms with Gasteiger partial charge in [-0.25, -0.2) is 0 Å². The van der Waals surface area contributed by atoms with E-state index in [9.17, 15) is 5.21 Å². The van der Waals surface area contributed by atoms with Crippen LogP contribution < -0.4 is 4.73 Å². The molecule has 0 fully saturated rings. The molecule has 14 heavy (non-hydrogen) atoms. The van der Waals surface area contributed by atoms with Crippen LogP contribution in [0, 0.1) is 5.21 Å². The highest BCUT2D eigenvalue weighted by Gasteiger charge is 2.22. The first kappa shape index (κ1) is 11.0. The van der Waals surface area contributed by atoms with Gasteiger partial charge in [0.05, 0.1) is 0 Å². The number of hydrogen-bond donors (Lipinski definition) is 0. The SMILES string of the molecule is CC(C)c1cc[n+]([O-])cc1C(C)(C)C. The normalized spacial score (nSPS) is 12.1. The van der Waals surface area contributed by atoms with E-state index >= 15 is 0 Å². The van der Waals surface area contributed by atoms with Gasteiger partial charge in [0.1, 0.15) is 0 Å². The van der Waals surface area contributed by atoms with Crippen LogP contribution in [0.15, 0.2) is 18.5 Å². The molecule has 0 aliphatic carbocycles. The molecule has 0 radical (unpaired) electrons. The fraction of sp³-hybridized carbons (Fsp3) is 0.583. The van der Waals surface area contributed by atoms with Gasteiger partial charge in [0.25, 0.3) is 0 Å². The van der Waals surface area contributed by atoms with Gasteiger partial charge in [0.15, 0.2) is 12.4 Å². The average Bonchev–Trinajstić information content (AvgIpc) is 2.01. The highest BCUT2D eigenvalue weighted by atomic mass is 16.5. The van der Waals surface area contributed by atoms with Crippen LogP contribution in [0.3, 0.4) is 0 Å². The van der Waals surface area contributed by atoms with Gasteiger partial charge < -0.3 is 5.21 Å². The van der Waals surface area contributed by atoms with E-state index in [0.29, 0.717) is 5.92 Å². The number of nitrogens with zero attached hydrogens (tertiary/aromatic N) is 1. The molecule has 0 atom stereocenters. The maximum absolute atomic E-state index is 11.2. The molecular weight excluding hydrogens is 174 g/mol. The summed E-state index contributed by atoms with van der Waals surface area (Å²) in [6.45, 7) is 10.7. The van der Waals surface area contributed by atoms with Crippen molar-refractivity contribution in [1.29, 1.82) is 0 Å². The van der Waals surface area contributed by atoms with E-state index in [0.717, 1.165) is 10.3 Å². The van der Waals surface area contributed by atoms with Gasteiger partial charge in [-0.2, -0.15) is 4.73 Å². The summed E-state index contributed by atoms with van der Waals surface area (Å²) in [4.78, 5) is 0. The largest absolute Gasteiger partial charge is 0.619 e. The van der Waals surface area contributed by atoms with E-state index in [1.165, 1.54) is 5.56 Å². The Morgan fingerprint density at radius 3 is 2.29 bits per heavy atom. The lowest BCUT2D eigenvalue weighted by Crippen LogP contribution is -2.29. The van der Waals surface area contributed by atoms with Crippen molar-refractivity contribution < 1.29 is 4.73 Å². The maximum Gasteiger partial charge on any atom is 0.184 e. The van der Waals surface area contributed by atoms with Gasteiger partial charge in [-0.05, 0) is 16.9 Å². The molecule has 0 unspecified atom stereocenters. The lowest BCUT2D eigenvalue weighted by atomic mass is 9.82. The van der Waals surface area contributed by atoms with Crippen LogP contribution in [0.25, 0.3) is 0 Å². The van der Waals surface area contributed by atoms with Crippen molar-refractivity contribution in [1.82, 2.24) is 0 Å². The number of aromatic nitrogens is 1. The van der Waals surface area contributed by atoms with E-state index in [-0.39, 0.29) is 5.41 Å². The Bertz CT molecular complexity index is 324. The Labute approximate surface area is 86.2 Å². The second-order valence-corrected chi connectivity index (χ2v) is 5.08. The fourth-order valence-electron chi connectivity index (χ4n) is 1.62. The molecule has 0 aliphatic rings. The first-order chi connectivity index (χ1) is 6.32. The summed E-state index contributed by atoms with van der Waals surface area (Å²) in [5.41, 5.74) is 2.45. The highest BCUT2D eigenvalue weighted by Crippen LogP contribution is 2.28. The third-order valence-corrected chi connectivity index (χ3v) is 2.40. The molecule has 0 saturated heterocycles. The summed E-state index contributed by atoms with van der Waals surface area (Å²) in [5.74, 6) is 0.463. The molecule has 1 rings (SSSR count). The third-order valence-electron chi connectivity index (χ3n) is 2.40. The summed E-state index contributed by atoms with van der Waals surface area (Å²) in [7, 11) is 0. The second-order valence-electron chi connectivity index (χ2n) is 5.08. The molecule has 0 N–H and O–H groups in total. The Balaban J connectivity index is 3.30. The quantitative estimate of drug-likeness (QED) is 0.497. The zero-order valence-electron chi connectivity index (χ0n) is 9.66. The van der Waals surface area contributed by atoms with Crippen LogP contribution in [0.2, 0.25) is 0 Å². The van der Waals surface area contributed by atoms with Crippen molar-refractivity contribution in [2.75, 3.05) is 0 Å². The molecule has 1 aromatic heterocycles. The van der Waals surface area contributed by atoms with Crippen molar-refractivity contribution in [3.05, 3.63) is 34.8 Å². The standard InChI is InChI=1S/C12H19NO/c1-9(2)10-6-7-13(14)8-11(10)12(3,4)5/h6-9H,1-5H3. The van der Waals surface area contributed by atoms with Crippen LogP contribution in [0.1, 0.15) is 51.7 Å². The molecule has 0 saturated carbocycles. The molecular formula is C12H19NO. The van der Waals surface area contributed by atoms with Crippen LogP contribution in [-0.4, -0.2) is 0 Å². The molecule has 1 aromatic rings. The third kappa shape index (κ3) is 2.25. The molecule has 0 amide bonds. The Morgan fingerprint density at radius 1 is 1.29 bits per heavy atom. The summed E-state index contributed by atoms with van der Waals surface area (Å²) in [5, 5.41) is 11.2. The monoisotopic (exact) mass is 193 g/mol. The molecule has 0 spiro atoms. The van der Waals surface area contributed by atoms with Crippen molar-refractivity contribution in [2.24, 2.45) is 0 Å². The number of pyridine rings is 1. The van der Waals surface area contributed by atoms with Crippen molar-refractivity contribution in [3.63, 3.8) is 0 Å². The smallest absolute Gasteiger partial charge is 0.184 e. The lowest BCUT2D eigenvalue weighted by Gasteiger charge is -2.22. The topological polar surface area (TPSA) is 26.9 Å². The van der Waals surface area contributed by atoms with E-state index in [4.69, 9.17) is 0 Å². The molecule has 2 heteroatoms. The van der Waals surface area contributed by atoms with Gasteiger partial charge in [0.2, 0.25) is 0 Å². The minimum Gasteiger partial charge on any atom is -0.619 e. The Hall–Kier alpha value is -1.05. The van der Waals surface area contributed by atoms with Gasteiger partial charge in [-0.3, -0.25) is 0 Å². The van der Waals surface area contributed by atoms with Crippen LogP contribution in [0.5, 0.6) is 0 Å². The zero-order chi connectivity index (χ0) is 10.9. The van der Waals surface area contributed by atoms with Gasteiger partial charge >= 0.3 is 0 Å². The summed E-state index contributed by atoms with van der Waals surface area (Å²) in [6, 6.07) is 1.93. The Morgan fingerprint density at radius 2 is 1.86 bits per heavy atom. The highest BCUT2D eigenvalue weighted by molar-refractivity contribution is 5.30. The first-order valence-electron chi connectivity index (χ1n) is 5.05. The van der Waals surface area contributed by atoms with Crippen molar-refractivity contribution in [2.45, 2.75) is 46.0 Å². The van der Waals surface area contributed by atoms with E-state index in [1.54, 1.807) is 12.4 Å². The van der Waals surface area contributed by atoms with E-state index in [2.05, 4.69) is 34.6 Å². The molecule has 0 aromatic carbocycles. The Kier molecular flexibility index (Phi) is 2.84. The molecule has 78 valence electrons. The van der Waals surface area contributed by atoms with Crippen LogP contribution in [-0.2, 0) is 5.41 Å². The van der Waals surface area contributed by atoms with E-state index in [1.807, 2.05) is 6.07 Å². The fourth-order valence-corrected chi connectivity index (χ4v) is 1.62. The number of hydrogen-bond acceptors (Lipinski definition) is 1. The van der Waals surface area contributed by atoms with Crippen LogP contribution in [0.4, 0.5) is 0 Å². The lowest BCUT2D eigenvalue weighted by molar-refractivity contribution is -0.606. The van der Waals surface area contributed by atoms with E-state index < -0.39 is 0 Å². The predicted octanol–water partition coefficient (Wildman–Crippen LogP) is 2.74. The average molecular weight is 193 g/mol. The second kappa shape index (κ2) is 3.60. The molecule has 0 bridgehead atoms. The zero-order valence-corrected chi connectivity index (χ0v) is 9.66. The van der Waals surface area contributed by atoms with Crippen molar-refractivity contribution >= 4 is 0 Å². The van der Waals surface area contributed by atoms with Crippen LogP contribution >= 0.6 is 0 Å². The summed E-state index contributed by atoms with van der Waals surface area (Å²) >= 11 is 0. The molecule has 2 nitrogen and oxygen atoms in total. The minimum absolute atomic E-state index is 0.0347. The number of rotatable bonds is 1. The van der Waals surface area contributed by atoms with Gasteiger partial charge in [-0.15, -0.1) is 0 Å². The molecule has 1 heterocycles. The predicted molar refractivity (Wildman–Crippen MR) is 58.2 cm³/mol. The summed E-state index contributed by atoms with van der Waals surface area (Å²) < 4.78 is 0.881. The first-order valence-corrected chi connectivity index (χ1v) is 5.05. The molecule has 0 aliphatic heterocycles. The van der Waals surface area contributed by atoms with Gasteiger partial charge in [-0.1, -0.05) is 34.6 Å². The maximum atomic E-state index is 11.2. The minimum atomic E-state index is 0.0347.